The average molecular weight is 274 g/mol. The highest BCUT2D eigenvalue weighted by Gasteiger charge is 2.12. The van der Waals surface area contributed by atoms with Crippen molar-refractivity contribution in [2.45, 2.75) is 0 Å². The lowest BCUT2D eigenvalue weighted by Crippen LogP contribution is -2.03. The SMILES string of the molecule is O=C(O)c1cc(Oc2ccc(O)cc2)cc(C(=O)O)c1. The number of aromatic hydroxyl groups is 1. The first kappa shape index (κ1) is 13.4. The first-order valence-corrected chi connectivity index (χ1v) is 5.54. The van der Waals surface area contributed by atoms with Crippen LogP contribution < -0.4 is 4.74 Å². The number of carbonyl (C=O) groups is 2. The maximum absolute atomic E-state index is 10.9. The lowest BCUT2D eigenvalue weighted by Gasteiger charge is -2.08. The van der Waals surface area contributed by atoms with Crippen LogP contribution in [0.15, 0.2) is 42.5 Å². The van der Waals surface area contributed by atoms with Crippen LogP contribution in [0.2, 0.25) is 0 Å². The number of carboxylic acids is 2. The number of rotatable bonds is 4. The fourth-order valence-electron chi connectivity index (χ4n) is 1.56. The Morgan fingerprint density at radius 1 is 0.800 bits per heavy atom. The molecule has 0 aliphatic rings. The summed E-state index contributed by atoms with van der Waals surface area (Å²) in [5.41, 5.74) is -0.364. The van der Waals surface area contributed by atoms with E-state index in [0.717, 1.165) is 6.07 Å². The van der Waals surface area contributed by atoms with Crippen molar-refractivity contribution in [1.29, 1.82) is 0 Å². The Kier molecular flexibility index (Phi) is 3.56. The van der Waals surface area contributed by atoms with E-state index in [1.165, 1.54) is 36.4 Å². The van der Waals surface area contributed by atoms with Gasteiger partial charge in [0.25, 0.3) is 0 Å². The Bertz CT molecular complexity index is 628. The summed E-state index contributed by atoms with van der Waals surface area (Å²) < 4.78 is 5.38. The Hall–Kier alpha value is -3.02. The Balaban J connectivity index is 2.37. The van der Waals surface area contributed by atoms with E-state index in [9.17, 15) is 9.59 Å². The highest BCUT2D eigenvalue weighted by atomic mass is 16.5. The number of hydrogen-bond acceptors (Lipinski definition) is 4. The first-order chi connectivity index (χ1) is 9.45. The number of benzene rings is 2. The predicted molar refractivity (Wildman–Crippen MR) is 68.5 cm³/mol. The standard InChI is InChI=1S/C14H10O6/c15-10-1-3-11(4-2-10)20-12-6-8(13(16)17)5-9(7-12)14(18)19/h1-7,15H,(H,16,17)(H,18,19). The molecule has 6 heteroatoms. The second-order valence-corrected chi connectivity index (χ2v) is 3.95. The Morgan fingerprint density at radius 3 is 1.75 bits per heavy atom. The van der Waals surface area contributed by atoms with Crippen molar-refractivity contribution in [2.24, 2.45) is 0 Å². The van der Waals surface area contributed by atoms with Gasteiger partial charge in [0.05, 0.1) is 11.1 Å². The molecule has 2 aromatic carbocycles. The highest BCUT2D eigenvalue weighted by Crippen LogP contribution is 2.25. The lowest BCUT2D eigenvalue weighted by molar-refractivity contribution is 0.0696. The van der Waals surface area contributed by atoms with Crippen LogP contribution in [-0.2, 0) is 0 Å². The van der Waals surface area contributed by atoms with Gasteiger partial charge in [0.1, 0.15) is 17.2 Å². The first-order valence-electron chi connectivity index (χ1n) is 5.54. The summed E-state index contributed by atoms with van der Waals surface area (Å²) in [5, 5.41) is 27.0. The molecule has 6 nitrogen and oxygen atoms in total. The molecule has 0 bridgehead atoms. The molecular weight excluding hydrogens is 264 g/mol. The third-order valence-corrected chi connectivity index (χ3v) is 2.47. The van der Waals surface area contributed by atoms with E-state index >= 15 is 0 Å². The largest absolute Gasteiger partial charge is 0.508 e. The van der Waals surface area contributed by atoms with Crippen molar-refractivity contribution in [3.8, 4) is 17.2 Å². The van der Waals surface area contributed by atoms with Crippen molar-refractivity contribution in [2.75, 3.05) is 0 Å². The minimum Gasteiger partial charge on any atom is -0.508 e. The van der Waals surface area contributed by atoms with Gasteiger partial charge in [0.2, 0.25) is 0 Å². The normalized spacial score (nSPS) is 10.0. The van der Waals surface area contributed by atoms with Crippen molar-refractivity contribution in [3.63, 3.8) is 0 Å². The third-order valence-electron chi connectivity index (χ3n) is 2.47. The maximum Gasteiger partial charge on any atom is 0.335 e. The number of phenolic OH excluding ortho intramolecular Hbond substituents is 1. The minimum absolute atomic E-state index is 0.0582. The van der Waals surface area contributed by atoms with Gasteiger partial charge in [0, 0.05) is 0 Å². The van der Waals surface area contributed by atoms with Crippen LogP contribution >= 0.6 is 0 Å². The van der Waals surface area contributed by atoms with Gasteiger partial charge in [-0.2, -0.15) is 0 Å². The van der Waals surface area contributed by atoms with E-state index in [-0.39, 0.29) is 22.6 Å². The Morgan fingerprint density at radius 2 is 1.30 bits per heavy atom. The number of hydrogen-bond donors (Lipinski definition) is 3. The molecule has 0 spiro atoms. The smallest absolute Gasteiger partial charge is 0.335 e. The van der Waals surface area contributed by atoms with E-state index in [1.54, 1.807) is 0 Å². The molecule has 3 N–H and O–H groups in total. The summed E-state index contributed by atoms with van der Waals surface area (Å²) in [5.74, 6) is -2.00. The third kappa shape index (κ3) is 3.05. The number of phenols is 1. The van der Waals surface area contributed by atoms with Crippen LogP contribution in [-0.4, -0.2) is 27.3 Å². The molecule has 0 unspecified atom stereocenters. The molecule has 0 radical (unpaired) electrons. The van der Waals surface area contributed by atoms with Gasteiger partial charge in [-0.05, 0) is 42.5 Å². The van der Waals surface area contributed by atoms with E-state index in [4.69, 9.17) is 20.1 Å². The molecule has 102 valence electrons. The monoisotopic (exact) mass is 274 g/mol. The molecule has 0 aromatic heterocycles. The van der Waals surface area contributed by atoms with E-state index in [1.807, 2.05) is 0 Å². The molecule has 20 heavy (non-hydrogen) atoms. The summed E-state index contributed by atoms with van der Waals surface area (Å²) in [6.07, 6.45) is 0. The van der Waals surface area contributed by atoms with Crippen molar-refractivity contribution in [3.05, 3.63) is 53.6 Å². The molecule has 2 aromatic rings. The lowest BCUT2D eigenvalue weighted by atomic mass is 10.1. The summed E-state index contributed by atoms with van der Waals surface area (Å²) in [6.45, 7) is 0. The van der Waals surface area contributed by atoms with Crippen molar-refractivity contribution < 1.29 is 29.6 Å². The highest BCUT2D eigenvalue weighted by molar-refractivity contribution is 5.94. The molecular formula is C14H10O6. The molecule has 0 amide bonds. The van der Waals surface area contributed by atoms with Gasteiger partial charge in [-0.15, -0.1) is 0 Å². The van der Waals surface area contributed by atoms with Crippen LogP contribution in [0.3, 0.4) is 0 Å². The topological polar surface area (TPSA) is 104 Å². The maximum atomic E-state index is 10.9. The molecule has 0 saturated heterocycles. The second kappa shape index (κ2) is 5.31. The zero-order valence-electron chi connectivity index (χ0n) is 10.1. The van der Waals surface area contributed by atoms with Crippen LogP contribution in [0, 0.1) is 0 Å². The second-order valence-electron chi connectivity index (χ2n) is 3.95. The molecule has 0 atom stereocenters. The number of ether oxygens (including phenoxy) is 1. The van der Waals surface area contributed by atoms with Gasteiger partial charge in [-0.25, -0.2) is 9.59 Å². The average Bonchev–Trinajstić information content (AvgIpc) is 2.41. The molecule has 0 saturated carbocycles. The fourth-order valence-corrected chi connectivity index (χ4v) is 1.56. The van der Waals surface area contributed by atoms with Gasteiger partial charge in [0.15, 0.2) is 0 Å². The van der Waals surface area contributed by atoms with Crippen molar-refractivity contribution >= 4 is 11.9 Å². The fraction of sp³-hybridized carbons (Fsp3) is 0. The van der Waals surface area contributed by atoms with E-state index in [2.05, 4.69) is 0 Å². The number of carboxylic acid groups (broad SMARTS) is 2. The van der Waals surface area contributed by atoms with Gasteiger partial charge in [-0.1, -0.05) is 0 Å². The zero-order chi connectivity index (χ0) is 14.7. The summed E-state index contributed by atoms with van der Waals surface area (Å²) in [6, 6.07) is 9.24. The van der Waals surface area contributed by atoms with Crippen LogP contribution in [0.5, 0.6) is 17.2 Å². The molecule has 0 heterocycles. The van der Waals surface area contributed by atoms with Gasteiger partial charge >= 0.3 is 11.9 Å². The summed E-state index contributed by atoms with van der Waals surface area (Å²) >= 11 is 0. The van der Waals surface area contributed by atoms with Crippen LogP contribution in [0.1, 0.15) is 20.7 Å². The minimum atomic E-state index is -1.25. The van der Waals surface area contributed by atoms with Crippen molar-refractivity contribution in [1.82, 2.24) is 0 Å². The summed E-state index contributed by atoms with van der Waals surface area (Å²) in [4.78, 5) is 21.9. The molecule has 0 fully saturated rings. The molecule has 2 rings (SSSR count). The predicted octanol–water partition coefficient (Wildman–Crippen LogP) is 2.58. The van der Waals surface area contributed by atoms with Crippen LogP contribution in [0.25, 0.3) is 0 Å². The molecule has 0 aliphatic carbocycles. The number of aromatic carboxylic acids is 2. The van der Waals surface area contributed by atoms with Gasteiger partial charge in [-0.3, -0.25) is 0 Å². The Labute approximate surface area is 113 Å². The zero-order valence-corrected chi connectivity index (χ0v) is 10.1. The van der Waals surface area contributed by atoms with E-state index < -0.39 is 11.9 Å². The van der Waals surface area contributed by atoms with Gasteiger partial charge < -0.3 is 20.1 Å². The molecule has 0 aliphatic heterocycles. The van der Waals surface area contributed by atoms with Crippen LogP contribution in [0.4, 0.5) is 0 Å². The van der Waals surface area contributed by atoms with E-state index in [0.29, 0.717) is 5.75 Å². The quantitative estimate of drug-likeness (QED) is 0.791. The summed E-state index contributed by atoms with van der Waals surface area (Å²) in [7, 11) is 0.